The van der Waals surface area contributed by atoms with E-state index in [1.807, 2.05) is 4.72 Å². The maximum atomic E-state index is 14.6. The predicted molar refractivity (Wildman–Crippen MR) is 98.2 cm³/mol. The van der Waals surface area contributed by atoms with Crippen LogP contribution in [0.5, 0.6) is 0 Å². The van der Waals surface area contributed by atoms with Gasteiger partial charge in [-0.15, -0.1) is 0 Å². The first-order chi connectivity index (χ1) is 12.8. The second-order valence-electron chi connectivity index (χ2n) is 6.09. The highest BCUT2D eigenvalue weighted by Gasteiger charge is 2.21. The summed E-state index contributed by atoms with van der Waals surface area (Å²) in [5.41, 5.74) is 0.0870. The minimum atomic E-state index is -3.82. The van der Waals surface area contributed by atoms with Crippen LogP contribution < -0.4 is 4.72 Å². The van der Waals surface area contributed by atoms with Gasteiger partial charge >= 0.3 is 0 Å². The number of fused-ring (bicyclic) bond motifs is 1. The number of hydrogen-bond donors (Lipinski definition) is 2. The van der Waals surface area contributed by atoms with Gasteiger partial charge in [0.2, 0.25) is 10.0 Å². The topological polar surface area (TPSA) is 91.9 Å². The van der Waals surface area contributed by atoms with Crippen molar-refractivity contribution >= 4 is 32.5 Å². The molecule has 0 amide bonds. The number of hydrogen-bond acceptors (Lipinski definition) is 4. The largest absolute Gasteiger partial charge is 0.346 e. The van der Waals surface area contributed by atoms with Crippen molar-refractivity contribution in [1.29, 1.82) is 0 Å². The zero-order valence-corrected chi connectivity index (χ0v) is 15.2. The molecule has 0 bridgehead atoms. The normalized spacial score (nSPS) is 11.7. The van der Waals surface area contributed by atoms with Gasteiger partial charge < -0.3 is 4.98 Å². The molecule has 0 radical (unpaired) electrons. The Morgan fingerprint density at radius 3 is 2.78 bits per heavy atom. The van der Waals surface area contributed by atoms with Crippen molar-refractivity contribution in [3.63, 3.8) is 0 Å². The monoisotopic (exact) mass is 393 g/mol. The number of ketones is 1. The fraction of sp³-hybridized carbons (Fsp3) is 0.222. The molecule has 142 valence electrons. The summed E-state index contributed by atoms with van der Waals surface area (Å²) < 4.78 is 54.2. The number of aromatic nitrogens is 2. The number of benzene rings is 1. The minimum Gasteiger partial charge on any atom is -0.346 e. The number of Topliss-reactive ketones (excluding diaryl/α,β-unsaturated/α-hetero) is 1. The molecule has 0 saturated carbocycles. The first kappa shape index (κ1) is 19.0. The molecule has 2 heterocycles. The average Bonchev–Trinajstić information content (AvgIpc) is 3.05. The number of pyridine rings is 1. The molecular weight excluding hydrogens is 376 g/mol. The lowest BCUT2D eigenvalue weighted by molar-refractivity contribution is 0.0988. The summed E-state index contributed by atoms with van der Waals surface area (Å²) >= 11 is 0. The molecule has 0 spiro atoms. The van der Waals surface area contributed by atoms with Gasteiger partial charge in [0.1, 0.15) is 11.5 Å². The van der Waals surface area contributed by atoms with Crippen molar-refractivity contribution in [1.82, 2.24) is 9.97 Å². The lowest BCUT2D eigenvalue weighted by atomic mass is 10.0. The lowest BCUT2D eigenvalue weighted by Gasteiger charge is -2.11. The van der Waals surface area contributed by atoms with E-state index in [0.717, 1.165) is 11.5 Å². The SMILES string of the molecule is CCCS(=O)(=O)Nc1cc(F)cc(C(=O)Cc2cnc3[nH]ccc3c2)c1F. The first-order valence-electron chi connectivity index (χ1n) is 8.24. The van der Waals surface area contributed by atoms with Crippen molar-refractivity contribution in [3.8, 4) is 0 Å². The zero-order chi connectivity index (χ0) is 19.6. The number of anilines is 1. The Kier molecular flexibility index (Phi) is 5.22. The highest BCUT2D eigenvalue weighted by Crippen LogP contribution is 2.23. The maximum absolute atomic E-state index is 14.6. The van der Waals surface area contributed by atoms with Crippen molar-refractivity contribution in [2.45, 2.75) is 19.8 Å². The number of carbonyl (C=O) groups is 1. The van der Waals surface area contributed by atoms with Crippen LogP contribution in [0, 0.1) is 11.6 Å². The quantitative estimate of drug-likeness (QED) is 0.602. The molecule has 2 N–H and O–H groups in total. The predicted octanol–water partition coefficient (Wildman–Crippen LogP) is 3.42. The summed E-state index contributed by atoms with van der Waals surface area (Å²) in [4.78, 5) is 19.5. The summed E-state index contributed by atoms with van der Waals surface area (Å²) in [6.45, 7) is 1.64. The Morgan fingerprint density at radius 2 is 2.04 bits per heavy atom. The van der Waals surface area contributed by atoms with Gasteiger partial charge in [0.05, 0.1) is 17.0 Å². The van der Waals surface area contributed by atoms with E-state index in [2.05, 4.69) is 9.97 Å². The van der Waals surface area contributed by atoms with Gasteiger partial charge in [0.15, 0.2) is 11.6 Å². The molecule has 0 unspecified atom stereocenters. The molecule has 0 aliphatic carbocycles. The van der Waals surface area contributed by atoms with Crippen LogP contribution in [-0.4, -0.2) is 29.9 Å². The van der Waals surface area contributed by atoms with Gasteiger partial charge in [0, 0.05) is 30.3 Å². The van der Waals surface area contributed by atoms with Gasteiger partial charge in [-0.1, -0.05) is 6.92 Å². The van der Waals surface area contributed by atoms with E-state index < -0.39 is 38.7 Å². The van der Waals surface area contributed by atoms with Crippen LogP contribution in [0.3, 0.4) is 0 Å². The highest BCUT2D eigenvalue weighted by molar-refractivity contribution is 7.92. The Labute approximate surface area is 154 Å². The van der Waals surface area contributed by atoms with E-state index in [0.29, 0.717) is 23.7 Å². The molecular formula is C18H17F2N3O3S. The lowest BCUT2D eigenvalue weighted by Crippen LogP contribution is -2.18. The van der Waals surface area contributed by atoms with E-state index in [1.165, 1.54) is 6.20 Å². The van der Waals surface area contributed by atoms with Crippen LogP contribution in [0.25, 0.3) is 11.0 Å². The standard InChI is InChI=1S/C18H17F2N3O3S/c1-2-5-27(25,26)23-15-9-13(19)8-14(17(15)20)16(24)7-11-6-12-3-4-21-18(12)22-10-11/h3-4,6,8-10,23H,2,5,7H2,1H3,(H,21,22). The zero-order valence-electron chi connectivity index (χ0n) is 14.4. The van der Waals surface area contributed by atoms with E-state index >= 15 is 0 Å². The molecule has 27 heavy (non-hydrogen) atoms. The minimum absolute atomic E-state index is 0.199. The number of carbonyl (C=O) groups excluding carboxylic acids is 1. The van der Waals surface area contributed by atoms with E-state index in [9.17, 15) is 22.0 Å². The van der Waals surface area contributed by atoms with E-state index in [-0.39, 0.29) is 12.2 Å². The summed E-state index contributed by atoms with van der Waals surface area (Å²) in [5.74, 6) is -2.93. The Morgan fingerprint density at radius 1 is 1.26 bits per heavy atom. The summed E-state index contributed by atoms with van der Waals surface area (Å²) in [6.07, 6.45) is 3.28. The molecule has 0 aliphatic heterocycles. The van der Waals surface area contributed by atoms with Crippen molar-refractivity contribution in [2.75, 3.05) is 10.5 Å². The molecule has 6 nitrogen and oxygen atoms in total. The van der Waals surface area contributed by atoms with Gasteiger partial charge in [-0.05, 0) is 30.2 Å². The Hall–Kier alpha value is -2.81. The second kappa shape index (κ2) is 7.43. The molecule has 0 atom stereocenters. The van der Waals surface area contributed by atoms with Gasteiger partial charge in [-0.2, -0.15) is 0 Å². The van der Waals surface area contributed by atoms with E-state index in [1.54, 1.807) is 25.3 Å². The molecule has 0 aliphatic rings. The number of nitrogens with one attached hydrogen (secondary N) is 2. The second-order valence-corrected chi connectivity index (χ2v) is 7.94. The number of halogens is 2. The molecule has 3 rings (SSSR count). The van der Waals surface area contributed by atoms with Crippen LogP contribution in [0.2, 0.25) is 0 Å². The maximum Gasteiger partial charge on any atom is 0.232 e. The fourth-order valence-electron chi connectivity index (χ4n) is 2.72. The van der Waals surface area contributed by atoms with Gasteiger partial charge in [0.25, 0.3) is 0 Å². The van der Waals surface area contributed by atoms with Gasteiger partial charge in [-0.3, -0.25) is 9.52 Å². The smallest absolute Gasteiger partial charge is 0.232 e. The first-order valence-corrected chi connectivity index (χ1v) is 9.89. The number of H-pyrrole nitrogens is 1. The summed E-state index contributed by atoms with van der Waals surface area (Å²) in [5, 5.41) is 0.785. The Bertz CT molecular complexity index is 1110. The molecule has 0 saturated heterocycles. The number of rotatable bonds is 7. The molecule has 1 aromatic carbocycles. The van der Waals surface area contributed by atoms with Crippen LogP contribution >= 0.6 is 0 Å². The Balaban J connectivity index is 1.89. The third-order valence-electron chi connectivity index (χ3n) is 3.90. The molecule has 0 fully saturated rings. The third kappa shape index (κ3) is 4.30. The van der Waals surface area contributed by atoms with Crippen LogP contribution in [0.1, 0.15) is 29.3 Å². The van der Waals surface area contributed by atoms with Crippen LogP contribution in [0.15, 0.2) is 36.7 Å². The fourth-order valence-corrected chi connectivity index (χ4v) is 3.84. The average molecular weight is 393 g/mol. The van der Waals surface area contributed by atoms with Crippen LogP contribution in [0.4, 0.5) is 14.5 Å². The summed E-state index contributed by atoms with van der Waals surface area (Å²) in [6, 6.07) is 4.97. The third-order valence-corrected chi connectivity index (χ3v) is 5.37. The molecule has 9 heteroatoms. The highest BCUT2D eigenvalue weighted by atomic mass is 32.2. The molecule has 2 aromatic heterocycles. The van der Waals surface area contributed by atoms with Gasteiger partial charge in [-0.25, -0.2) is 22.2 Å². The number of sulfonamides is 1. The van der Waals surface area contributed by atoms with Crippen molar-refractivity contribution in [3.05, 3.63) is 59.4 Å². The number of aromatic amines is 1. The summed E-state index contributed by atoms with van der Waals surface area (Å²) in [7, 11) is -3.82. The molecule has 3 aromatic rings. The number of nitrogens with zero attached hydrogens (tertiary/aromatic N) is 1. The van der Waals surface area contributed by atoms with E-state index in [4.69, 9.17) is 0 Å². The van der Waals surface area contributed by atoms with Crippen LogP contribution in [-0.2, 0) is 16.4 Å². The van der Waals surface area contributed by atoms with Crippen molar-refractivity contribution < 1.29 is 22.0 Å². The van der Waals surface area contributed by atoms with Crippen molar-refractivity contribution in [2.24, 2.45) is 0 Å².